The molecule has 1 saturated carbocycles. The van der Waals surface area contributed by atoms with Crippen LogP contribution < -0.4 is 9.47 Å². The third-order valence-electron chi connectivity index (χ3n) is 5.70. The van der Waals surface area contributed by atoms with E-state index in [9.17, 15) is 23.2 Å². The number of carbonyl (C=O) groups is 3. The molecule has 2 aliphatic carbocycles. The average Bonchev–Trinajstić information content (AvgIpc) is 3.40. The molecule has 2 aromatic carbocycles. The molecule has 200 valence electrons. The van der Waals surface area contributed by atoms with E-state index in [1.54, 1.807) is 12.1 Å². The summed E-state index contributed by atoms with van der Waals surface area (Å²) >= 11 is 8.48. The summed E-state index contributed by atoms with van der Waals surface area (Å²) in [6, 6.07) is 5.72. The van der Waals surface area contributed by atoms with Gasteiger partial charge in [-0.15, -0.1) is 0 Å². The Morgan fingerprint density at radius 2 is 1.27 bits per heavy atom. The van der Waals surface area contributed by atoms with Gasteiger partial charge in [0.15, 0.2) is 5.78 Å². The fraction of sp³-hybridized carbons (Fsp3) is 0.346. The molecule has 0 atom stereocenters. The normalized spacial score (nSPS) is 15.2. The molecule has 0 spiro atoms. The van der Waals surface area contributed by atoms with Crippen molar-refractivity contribution in [2.45, 2.75) is 31.6 Å². The van der Waals surface area contributed by atoms with Crippen molar-refractivity contribution in [2.75, 3.05) is 26.3 Å². The van der Waals surface area contributed by atoms with Crippen LogP contribution in [0.3, 0.4) is 0 Å². The molecule has 0 bridgehead atoms. The quantitative estimate of drug-likeness (QED) is 0.186. The van der Waals surface area contributed by atoms with E-state index in [4.69, 9.17) is 14.2 Å². The molecule has 2 aliphatic rings. The second-order valence-electron chi connectivity index (χ2n) is 7.76. The minimum atomic E-state index is -1.00. The van der Waals surface area contributed by atoms with Crippen molar-refractivity contribution in [1.82, 2.24) is 0 Å². The first-order valence-electron chi connectivity index (χ1n) is 10.9. The van der Waals surface area contributed by atoms with Gasteiger partial charge >= 0.3 is 0 Å². The van der Waals surface area contributed by atoms with E-state index < -0.39 is 17.6 Å². The lowest BCUT2D eigenvalue weighted by Gasteiger charge is -2.14. The van der Waals surface area contributed by atoms with Crippen LogP contribution in [-0.2, 0) is 19.1 Å². The molecule has 0 N–H and O–H groups in total. The molecule has 11 heteroatoms. The number of hydrogen-bond acceptors (Lipinski definition) is 6. The van der Waals surface area contributed by atoms with Crippen LogP contribution in [0, 0.1) is 11.6 Å². The van der Waals surface area contributed by atoms with Gasteiger partial charge in [-0.25, -0.2) is 8.78 Å². The fourth-order valence-corrected chi connectivity index (χ4v) is 4.93. The minimum absolute atomic E-state index is 0.0585. The number of methoxy groups -OCH3 is 3. The number of allylic oxidation sites excluding steroid dienone is 2. The number of ketones is 3. The molecule has 0 amide bonds. The van der Waals surface area contributed by atoms with Crippen LogP contribution >= 0.6 is 54.5 Å². The van der Waals surface area contributed by atoms with Crippen LogP contribution in [0.1, 0.15) is 42.7 Å². The average molecular weight is 758 g/mol. The van der Waals surface area contributed by atoms with Gasteiger partial charge in [-0.1, -0.05) is 54.5 Å². The Hall–Kier alpha value is -1.86. The number of rotatable bonds is 5. The second-order valence-corrected chi connectivity index (χ2v) is 9.59. The maximum Gasteiger partial charge on any atom is 0.167 e. The van der Waals surface area contributed by atoms with E-state index in [1.807, 2.05) is 4.93 Å². The third-order valence-corrected chi connectivity index (χ3v) is 6.61. The number of halogens is 5. The monoisotopic (exact) mass is 756 g/mol. The zero-order valence-corrected chi connectivity index (χ0v) is 25.9. The van der Waals surface area contributed by atoms with Crippen LogP contribution in [0.2, 0.25) is 0 Å². The van der Waals surface area contributed by atoms with Gasteiger partial charge < -0.3 is 14.2 Å². The van der Waals surface area contributed by atoms with Crippen LogP contribution in [0.5, 0.6) is 11.5 Å². The first kappa shape index (κ1) is 31.4. The fourth-order valence-electron chi connectivity index (χ4n) is 4.12. The molecule has 0 saturated heterocycles. The summed E-state index contributed by atoms with van der Waals surface area (Å²) in [4.78, 5) is 37.1. The summed E-state index contributed by atoms with van der Waals surface area (Å²) in [5.41, 5.74) is 0.530. The topological polar surface area (TPSA) is 78.9 Å². The highest BCUT2D eigenvalue weighted by Gasteiger charge is 2.38. The Bertz CT molecular complexity index is 1220. The molecule has 6 nitrogen and oxygen atoms in total. The van der Waals surface area contributed by atoms with Crippen molar-refractivity contribution in [3.05, 3.63) is 61.7 Å². The molecule has 2 aromatic rings. The molecule has 4 rings (SSSR count). The SMILES string of the molecule is CI.COC1=C(c2c(F)cc(Br)cc2OC)C(=O)CC1.COc1cc(Br)cc(F)c1C1C(=O)CCC1=O. The van der Waals surface area contributed by atoms with Gasteiger partial charge in [-0.2, -0.15) is 0 Å². The highest BCUT2D eigenvalue weighted by atomic mass is 127. The first-order chi connectivity index (χ1) is 17.6. The standard InChI is InChI=1S/C13H12BrFO3.C12H10BrFO3.CH3I/c1-17-10-4-3-9(16)13(10)12-8(15)5-7(14)6-11(12)18-2;1-17-10-5-6(13)4-7(14)11(10)12-8(15)2-3-9(12)16;1-2/h5-6H,3-4H2,1-2H3;4-5,12H,2-3H2,1H3;1H3. The van der Waals surface area contributed by atoms with Crippen molar-refractivity contribution in [3.63, 3.8) is 0 Å². The third kappa shape index (κ3) is 7.17. The van der Waals surface area contributed by atoms with Gasteiger partial charge in [0, 0.05) is 40.2 Å². The van der Waals surface area contributed by atoms with E-state index in [1.165, 1.54) is 33.5 Å². The molecular weight excluding hydrogens is 733 g/mol. The Morgan fingerprint density at radius 3 is 1.78 bits per heavy atom. The first-order valence-corrected chi connectivity index (χ1v) is 14.7. The van der Waals surface area contributed by atoms with Gasteiger partial charge in [0.25, 0.3) is 0 Å². The van der Waals surface area contributed by atoms with Crippen molar-refractivity contribution < 1.29 is 37.4 Å². The van der Waals surface area contributed by atoms with Crippen LogP contribution in [0.4, 0.5) is 8.78 Å². The number of hydrogen-bond donors (Lipinski definition) is 0. The second kappa shape index (κ2) is 14.3. The van der Waals surface area contributed by atoms with E-state index in [0.717, 1.165) is 0 Å². The lowest BCUT2D eigenvalue weighted by Crippen LogP contribution is -2.15. The van der Waals surface area contributed by atoms with Gasteiger partial charge in [-0.3, -0.25) is 14.4 Å². The Morgan fingerprint density at radius 1 is 0.757 bits per heavy atom. The number of benzene rings is 2. The van der Waals surface area contributed by atoms with Crippen molar-refractivity contribution >= 4 is 77.4 Å². The summed E-state index contributed by atoms with van der Waals surface area (Å²) in [6.45, 7) is 0. The molecule has 1 fully saturated rings. The largest absolute Gasteiger partial charge is 0.500 e. The van der Waals surface area contributed by atoms with Crippen molar-refractivity contribution in [1.29, 1.82) is 0 Å². The minimum Gasteiger partial charge on any atom is -0.500 e. The van der Waals surface area contributed by atoms with E-state index in [0.29, 0.717) is 38.9 Å². The van der Waals surface area contributed by atoms with Crippen LogP contribution in [0.15, 0.2) is 39.0 Å². The smallest absolute Gasteiger partial charge is 0.167 e. The number of carbonyl (C=O) groups excluding carboxylic acids is 3. The lowest BCUT2D eigenvalue weighted by molar-refractivity contribution is -0.124. The molecule has 37 heavy (non-hydrogen) atoms. The predicted molar refractivity (Wildman–Crippen MR) is 151 cm³/mol. The lowest BCUT2D eigenvalue weighted by atomic mass is 9.94. The number of Topliss-reactive ketones (excluding diaryl/α,β-unsaturated/α-hetero) is 3. The Balaban J connectivity index is 0.000000244. The molecule has 0 radical (unpaired) electrons. The maximum absolute atomic E-state index is 14.1. The zero-order chi connectivity index (χ0) is 27.9. The summed E-state index contributed by atoms with van der Waals surface area (Å²) in [5, 5.41) is 0. The van der Waals surface area contributed by atoms with E-state index >= 15 is 0 Å². The van der Waals surface area contributed by atoms with Crippen molar-refractivity contribution in [2.24, 2.45) is 0 Å². The van der Waals surface area contributed by atoms with Gasteiger partial charge in [-0.05, 0) is 29.2 Å². The van der Waals surface area contributed by atoms with Gasteiger partial charge in [0.1, 0.15) is 46.4 Å². The van der Waals surface area contributed by atoms with Crippen LogP contribution in [0.25, 0.3) is 5.57 Å². The highest BCUT2D eigenvalue weighted by Crippen LogP contribution is 2.40. The Kier molecular flexibility index (Phi) is 12.2. The summed E-state index contributed by atoms with van der Waals surface area (Å²) < 4.78 is 44.4. The van der Waals surface area contributed by atoms with Crippen molar-refractivity contribution in [3.8, 4) is 11.5 Å². The Labute approximate surface area is 244 Å². The van der Waals surface area contributed by atoms with E-state index in [-0.39, 0.29) is 47.1 Å². The maximum atomic E-state index is 14.1. The highest BCUT2D eigenvalue weighted by molar-refractivity contribution is 14.1. The predicted octanol–water partition coefficient (Wildman–Crippen LogP) is 6.98. The summed E-state index contributed by atoms with van der Waals surface area (Å²) in [7, 11) is 4.31. The molecule has 0 heterocycles. The van der Waals surface area contributed by atoms with Crippen LogP contribution in [-0.4, -0.2) is 43.6 Å². The molecule has 0 unspecified atom stereocenters. The van der Waals surface area contributed by atoms with Gasteiger partial charge in [0.2, 0.25) is 0 Å². The molecule has 0 aromatic heterocycles. The summed E-state index contributed by atoms with van der Waals surface area (Å²) in [5.74, 6) is -1.63. The molecule has 0 aliphatic heterocycles. The molecular formula is C26H25Br2F2IO6. The number of ether oxygens (including phenoxy) is 3. The zero-order valence-electron chi connectivity index (χ0n) is 20.6. The summed E-state index contributed by atoms with van der Waals surface area (Å²) in [6.07, 6.45) is 1.21. The van der Waals surface area contributed by atoms with Gasteiger partial charge in [0.05, 0.1) is 32.5 Å². The van der Waals surface area contributed by atoms with E-state index in [2.05, 4.69) is 54.5 Å². The number of alkyl halides is 1.